The highest BCUT2D eigenvalue weighted by Crippen LogP contribution is 2.20. The summed E-state index contributed by atoms with van der Waals surface area (Å²) in [7, 11) is 1.84. The van der Waals surface area contributed by atoms with Gasteiger partial charge in [-0.2, -0.15) is 5.10 Å². The summed E-state index contributed by atoms with van der Waals surface area (Å²) in [5.74, 6) is -0.0965. The molecule has 1 heterocycles. The van der Waals surface area contributed by atoms with Crippen LogP contribution in [0.15, 0.2) is 24.4 Å². The molecule has 1 amide bonds. The summed E-state index contributed by atoms with van der Waals surface area (Å²) in [6.07, 6.45) is 1.88. The van der Waals surface area contributed by atoms with Gasteiger partial charge in [0.2, 0.25) is 0 Å². The fourth-order valence-corrected chi connectivity index (χ4v) is 2.09. The summed E-state index contributed by atoms with van der Waals surface area (Å²) in [6.45, 7) is 2.32. The number of hydrogen-bond acceptors (Lipinski definition) is 3. The largest absolute Gasteiger partial charge is 0.507 e. The average molecular weight is 371 g/mol. The summed E-state index contributed by atoms with van der Waals surface area (Å²) >= 11 is 2.01. The van der Waals surface area contributed by atoms with Crippen molar-refractivity contribution in [2.75, 3.05) is 0 Å². The van der Waals surface area contributed by atoms with Crippen molar-refractivity contribution in [3.05, 3.63) is 44.8 Å². The van der Waals surface area contributed by atoms with E-state index in [2.05, 4.69) is 10.4 Å². The summed E-state index contributed by atoms with van der Waals surface area (Å²) < 4.78 is 2.44. The molecule has 2 aromatic rings. The van der Waals surface area contributed by atoms with Crippen LogP contribution in [0, 0.1) is 10.5 Å². The van der Waals surface area contributed by atoms with Crippen molar-refractivity contribution in [2.24, 2.45) is 7.05 Å². The van der Waals surface area contributed by atoms with E-state index in [9.17, 15) is 9.90 Å². The molecule has 0 aliphatic heterocycles. The van der Waals surface area contributed by atoms with Gasteiger partial charge in [-0.25, -0.2) is 0 Å². The van der Waals surface area contributed by atoms with Gasteiger partial charge >= 0.3 is 0 Å². The van der Waals surface area contributed by atoms with Crippen LogP contribution in [0.3, 0.4) is 0 Å². The minimum atomic E-state index is -0.213. The Hall–Kier alpha value is -1.57. The fraction of sp³-hybridized carbons (Fsp3) is 0.231. The molecule has 100 valence electrons. The Bertz CT molecular complexity index is 622. The van der Waals surface area contributed by atoms with Crippen molar-refractivity contribution in [3.63, 3.8) is 0 Å². The summed E-state index contributed by atoms with van der Waals surface area (Å²) in [5.41, 5.74) is 2.32. The minimum absolute atomic E-state index is 0.116. The lowest BCUT2D eigenvalue weighted by atomic mass is 10.2. The van der Waals surface area contributed by atoms with Gasteiger partial charge in [0.15, 0.2) is 0 Å². The predicted molar refractivity (Wildman–Crippen MR) is 79.9 cm³/mol. The number of carbonyl (C=O) groups excluding carboxylic acids is 1. The zero-order valence-corrected chi connectivity index (χ0v) is 12.8. The van der Waals surface area contributed by atoms with Gasteiger partial charge in [0.05, 0.1) is 9.26 Å². The lowest BCUT2D eigenvalue weighted by molar-refractivity contribution is 0.0950. The van der Waals surface area contributed by atoms with Crippen molar-refractivity contribution < 1.29 is 9.90 Å². The number of carbonyl (C=O) groups is 1. The standard InChI is InChI=1S/C13H14IN3O2/c1-8-10(7-17(2)16-8)6-15-13(19)9-3-4-11(14)12(18)5-9/h3-5,7,18H,6H2,1-2H3,(H,15,19). The lowest BCUT2D eigenvalue weighted by Crippen LogP contribution is -2.22. The van der Waals surface area contributed by atoms with E-state index in [0.717, 1.165) is 14.8 Å². The van der Waals surface area contributed by atoms with E-state index in [1.54, 1.807) is 16.8 Å². The molecule has 0 atom stereocenters. The number of nitrogens with zero attached hydrogens (tertiary/aromatic N) is 2. The summed E-state index contributed by atoms with van der Waals surface area (Å²) in [6, 6.07) is 4.86. The first-order valence-corrected chi connectivity index (χ1v) is 6.81. The van der Waals surface area contributed by atoms with Crippen LogP contribution in [-0.2, 0) is 13.6 Å². The van der Waals surface area contributed by atoms with Gasteiger partial charge in [0.1, 0.15) is 5.75 Å². The molecule has 1 aromatic heterocycles. The Morgan fingerprint density at radius 2 is 2.26 bits per heavy atom. The third-order valence-corrected chi connectivity index (χ3v) is 3.68. The Balaban J connectivity index is 2.05. The number of halogens is 1. The highest BCUT2D eigenvalue weighted by molar-refractivity contribution is 14.1. The maximum Gasteiger partial charge on any atom is 0.251 e. The molecular formula is C13H14IN3O2. The number of aromatic hydroxyl groups is 1. The molecule has 0 saturated carbocycles. The van der Waals surface area contributed by atoms with Gasteiger partial charge in [-0.15, -0.1) is 0 Å². The Morgan fingerprint density at radius 1 is 1.53 bits per heavy atom. The number of benzene rings is 1. The van der Waals surface area contributed by atoms with Crippen LogP contribution in [0.2, 0.25) is 0 Å². The molecule has 0 aliphatic rings. The summed E-state index contributed by atoms with van der Waals surface area (Å²) in [4.78, 5) is 11.9. The fourth-order valence-electron chi connectivity index (χ4n) is 1.75. The topological polar surface area (TPSA) is 67.2 Å². The average Bonchev–Trinajstić information content (AvgIpc) is 2.68. The second-order valence-electron chi connectivity index (χ2n) is 4.26. The maximum absolute atomic E-state index is 11.9. The van der Waals surface area contributed by atoms with Crippen molar-refractivity contribution in [1.82, 2.24) is 15.1 Å². The number of phenols is 1. The maximum atomic E-state index is 11.9. The van der Waals surface area contributed by atoms with E-state index in [1.807, 2.05) is 42.8 Å². The third kappa shape index (κ3) is 3.25. The van der Waals surface area contributed by atoms with Crippen LogP contribution in [0.4, 0.5) is 0 Å². The zero-order valence-electron chi connectivity index (χ0n) is 10.6. The number of aromatic nitrogens is 2. The quantitative estimate of drug-likeness (QED) is 0.811. The van der Waals surface area contributed by atoms with E-state index in [0.29, 0.717) is 12.1 Å². The zero-order chi connectivity index (χ0) is 14.0. The first kappa shape index (κ1) is 13.9. The molecule has 1 aromatic carbocycles. The molecule has 6 heteroatoms. The molecule has 0 saturated heterocycles. The number of aryl methyl sites for hydroxylation is 2. The molecular weight excluding hydrogens is 357 g/mol. The normalized spacial score (nSPS) is 10.5. The van der Waals surface area contributed by atoms with Crippen LogP contribution in [0.25, 0.3) is 0 Å². The molecule has 0 unspecified atom stereocenters. The van der Waals surface area contributed by atoms with E-state index >= 15 is 0 Å². The second kappa shape index (κ2) is 5.60. The first-order chi connectivity index (χ1) is 8.97. The van der Waals surface area contributed by atoms with Gasteiger partial charge in [0.25, 0.3) is 5.91 Å². The van der Waals surface area contributed by atoms with E-state index in [1.165, 1.54) is 6.07 Å². The Kier molecular flexibility index (Phi) is 4.08. The van der Waals surface area contributed by atoms with Gasteiger partial charge in [-0.05, 0) is 47.7 Å². The highest BCUT2D eigenvalue weighted by Gasteiger charge is 2.09. The lowest BCUT2D eigenvalue weighted by Gasteiger charge is -2.05. The SMILES string of the molecule is Cc1nn(C)cc1CNC(=O)c1ccc(I)c(O)c1. The molecule has 19 heavy (non-hydrogen) atoms. The molecule has 5 nitrogen and oxygen atoms in total. The smallest absolute Gasteiger partial charge is 0.251 e. The van der Waals surface area contributed by atoms with Crippen LogP contribution < -0.4 is 5.32 Å². The molecule has 0 spiro atoms. The van der Waals surface area contributed by atoms with Crippen molar-refractivity contribution >= 4 is 28.5 Å². The van der Waals surface area contributed by atoms with Crippen LogP contribution in [0.5, 0.6) is 5.75 Å². The Morgan fingerprint density at radius 3 is 2.84 bits per heavy atom. The van der Waals surface area contributed by atoms with Crippen molar-refractivity contribution in [3.8, 4) is 5.75 Å². The number of rotatable bonds is 3. The molecule has 2 rings (SSSR count). The molecule has 0 aliphatic carbocycles. The van der Waals surface area contributed by atoms with Gasteiger partial charge in [0, 0.05) is 30.9 Å². The number of hydrogen-bond donors (Lipinski definition) is 2. The summed E-state index contributed by atoms with van der Waals surface area (Å²) in [5, 5.41) is 16.6. The first-order valence-electron chi connectivity index (χ1n) is 5.73. The van der Waals surface area contributed by atoms with Crippen LogP contribution in [-0.4, -0.2) is 20.8 Å². The van der Waals surface area contributed by atoms with Gasteiger partial charge in [-0.1, -0.05) is 0 Å². The second-order valence-corrected chi connectivity index (χ2v) is 5.42. The number of amides is 1. The molecule has 0 radical (unpaired) electrons. The molecule has 2 N–H and O–H groups in total. The van der Waals surface area contributed by atoms with E-state index < -0.39 is 0 Å². The Labute approximate surface area is 124 Å². The van der Waals surface area contributed by atoms with Crippen LogP contribution in [0.1, 0.15) is 21.6 Å². The van der Waals surface area contributed by atoms with Crippen molar-refractivity contribution in [2.45, 2.75) is 13.5 Å². The molecule has 0 bridgehead atoms. The van der Waals surface area contributed by atoms with Crippen molar-refractivity contribution in [1.29, 1.82) is 0 Å². The van der Waals surface area contributed by atoms with Gasteiger partial charge < -0.3 is 10.4 Å². The number of phenolic OH excluding ortho intramolecular Hbond substituents is 1. The van der Waals surface area contributed by atoms with Gasteiger partial charge in [-0.3, -0.25) is 9.48 Å². The van der Waals surface area contributed by atoms with E-state index in [-0.39, 0.29) is 11.7 Å². The molecule has 0 fully saturated rings. The monoisotopic (exact) mass is 371 g/mol. The predicted octanol–water partition coefficient (Wildman–Crippen LogP) is 1.97. The van der Waals surface area contributed by atoms with E-state index in [4.69, 9.17) is 0 Å². The minimum Gasteiger partial charge on any atom is -0.507 e. The number of nitrogens with one attached hydrogen (secondary N) is 1. The highest BCUT2D eigenvalue weighted by atomic mass is 127. The third-order valence-electron chi connectivity index (χ3n) is 2.76. The van der Waals surface area contributed by atoms with Crippen LogP contribution >= 0.6 is 22.6 Å².